The van der Waals surface area contributed by atoms with Crippen LogP contribution in [-0.2, 0) is 9.53 Å². The zero-order valence-electron chi connectivity index (χ0n) is 9.80. The van der Waals surface area contributed by atoms with Gasteiger partial charge in [-0.15, -0.1) is 0 Å². The summed E-state index contributed by atoms with van der Waals surface area (Å²) in [7, 11) is 0. The van der Waals surface area contributed by atoms with Crippen molar-refractivity contribution in [3.05, 3.63) is 22.4 Å². The molecule has 1 aliphatic rings. The summed E-state index contributed by atoms with van der Waals surface area (Å²) in [5.74, 6) is 0.193. The molecule has 0 spiro atoms. The molecule has 0 saturated carbocycles. The summed E-state index contributed by atoms with van der Waals surface area (Å²) in [4.78, 5) is 13.8. The lowest BCUT2D eigenvalue weighted by Gasteiger charge is -2.32. The lowest BCUT2D eigenvalue weighted by molar-refractivity contribution is -0.139. The van der Waals surface area contributed by atoms with E-state index in [1.54, 1.807) is 11.3 Å². The normalized spacial score (nSPS) is 20.5. The third-order valence-corrected chi connectivity index (χ3v) is 3.63. The first-order valence-electron chi connectivity index (χ1n) is 5.93. The van der Waals surface area contributed by atoms with Gasteiger partial charge < -0.3 is 15.4 Å². The molecule has 1 saturated heterocycles. The van der Waals surface area contributed by atoms with Crippen LogP contribution in [0.15, 0.2) is 16.8 Å². The van der Waals surface area contributed by atoms with Crippen LogP contribution in [0.2, 0.25) is 0 Å². The maximum absolute atomic E-state index is 11.9. The summed E-state index contributed by atoms with van der Waals surface area (Å²) in [6.45, 7) is 2.56. The van der Waals surface area contributed by atoms with Crippen LogP contribution in [0.1, 0.15) is 24.5 Å². The molecule has 0 aliphatic carbocycles. The Labute approximate surface area is 105 Å². The minimum atomic E-state index is 0.0387. The average molecular weight is 254 g/mol. The fourth-order valence-corrected chi connectivity index (χ4v) is 2.65. The van der Waals surface area contributed by atoms with E-state index in [4.69, 9.17) is 10.5 Å². The van der Waals surface area contributed by atoms with Crippen LogP contribution in [-0.4, -0.2) is 37.0 Å². The number of nitrogens with zero attached hydrogens (tertiary/aromatic N) is 1. The number of morpholine rings is 1. The van der Waals surface area contributed by atoms with Crippen LogP contribution in [0.3, 0.4) is 0 Å². The fourth-order valence-electron chi connectivity index (χ4n) is 1.95. The molecule has 1 atom stereocenters. The highest BCUT2D eigenvalue weighted by molar-refractivity contribution is 7.07. The number of hydrogen-bond donors (Lipinski definition) is 1. The van der Waals surface area contributed by atoms with Gasteiger partial charge in [0.15, 0.2) is 0 Å². The number of carbonyl (C=O) groups excluding carboxylic acids is 1. The molecule has 1 amide bonds. The highest BCUT2D eigenvalue weighted by atomic mass is 32.1. The summed E-state index contributed by atoms with van der Waals surface area (Å²) in [6.07, 6.45) is 1.35. The summed E-state index contributed by atoms with van der Waals surface area (Å²) >= 11 is 1.66. The summed E-state index contributed by atoms with van der Waals surface area (Å²) in [5.41, 5.74) is 6.59. The predicted molar refractivity (Wildman–Crippen MR) is 67.9 cm³/mol. The Morgan fingerprint density at radius 3 is 3.24 bits per heavy atom. The molecule has 5 heteroatoms. The third-order valence-electron chi connectivity index (χ3n) is 2.93. The molecule has 2 N–H and O–H groups in total. The van der Waals surface area contributed by atoms with E-state index in [2.05, 4.69) is 11.4 Å². The first kappa shape index (κ1) is 12.5. The number of hydrogen-bond acceptors (Lipinski definition) is 4. The topological polar surface area (TPSA) is 55.6 Å². The predicted octanol–water partition coefficient (Wildman–Crippen LogP) is 1.39. The largest absolute Gasteiger partial charge is 0.370 e. The minimum Gasteiger partial charge on any atom is -0.370 e. The van der Waals surface area contributed by atoms with Gasteiger partial charge in [0.2, 0.25) is 5.91 Å². The van der Waals surface area contributed by atoms with Crippen molar-refractivity contribution in [3.63, 3.8) is 0 Å². The number of ether oxygens (including phenoxy) is 1. The van der Waals surface area contributed by atoms with Gasteiger partial charge in [0.25, 0.3) is 0 Å². The van der Waals surface area contributed by atoms with E-state index in [1.807, 2.05) is 10.3 Å². The first-order valence-corrected chi connectivity index (χ1v) is 6.87. The molecule has 1 unspecified atom stereocenters. The van der Waals surface area contributed by atoms with Gasteiger partial charge in [-0.3, -0.25) is 4.79 Å². The first-order chi connectivity index (χ1) is 8.31. The van der Waals surface area contributed by atoms with Crippen LogP contribution in [0.5, 0.6) is 0 Å². The second-order valence-electron chi connectivity index (χ2n) is 4.15. The van der Waals surface area contributed by atoms with Crippen molar-refractivity contribution in [2.24, 2.45) is 5.73 Å². The van der Waals surface area contributed by atoms with Crippen LogP contribution in [0.25, 0.3) is 0 Å². The summed E-state index contributed by atoms with van der Waals surface area (Å²) < 4.78 is 5.70. The zero-order valence-corrected chi connectivity index (χ0v) is 10.6. The lowest BCUT2D eigenvalue weighted by atomic mass is 10.1. The maximum atomic E-state index is 11.9. The number of carbonyl (C=O) groups is 1. The molecular formula is C12H18N2O2S. The Balaban J connectivity index is 1.90. The summed E-state index contributed by atoms with van der Waals surface area (Å²) in [5, 5.41) is 4.12. The Morgan fingerprint density at radius 1 is 1.65 bits per heavy atom. The molecule has 0 aromatic carbocycles. The van der Waals surface area contributed by atoms with Gasteiger partial charge in [-0.1, -0.05) is 0 Å². The molecule has 2 rings (SSSR count). The maximum Gasteiger partial charge on any atom is 0.222 e. The summed E-state index contributed by atoms with van der Waals surface area (Å²) in [6, 6.07) is 2.06. The number of thiophene rings is 1. The highest BCUT2D eigenvalue weighted by Crippen LogP contribution is 2.24. The quantitative estimate of drug-likeness (QED) is 0.883. The molecule has 1 fully saturated rings. The van der Waals surface area contributed by atoms with E-state index in [0.29, 0.717) is 32.7 Å². The molecular weight excluding hydrogens is 236 g/mol. The van der Waals surface area contributed by atoms with Gasteiger partial charge in [-0.2, -0.15) is 11.3 Å². The SMILES string of the molecule is NCCCC(=O)N1CCOC(c2ccsc2)C1. The van der Waals surface area contributed by atoms with Gasteiger partial charge in [-0.05, 0) is 35.4 Å². The Hall–Kier alpha value is -0.910. The molecule has 1 aromatic heterocycles. The van der Waals surface area contributed by atoms with Crippen molar-refractivity contribution in [3.8, 4) is 0 Å². The molecule has 1 aliphatic heterocycles. The van der Waals surface area contributed by atoms with Gasteiger partial charge in [0.1, 0.15) is 6.10 Å². The van der Waals surface area contributed by atoms with Crippen LogP contribution in [0.4, 0.5) is 0 Å². The molecule has 1 aromatic rings. The van der Waals surface area contributed by atoms with Crippen molar-refractivity contribution >= 4 is 17.2 Å². The monoisotopic (exact) mass is 254 g/mol. The van der Waals surface area contributed by atoms with Crippen molar-refractivity contribution < 1.29 is 9.53 Å². The molecule has 0 bridgehead atoms. The second-order valence-corrected chi connectivity index (χ2v) is 4.93. The van der Waals surface area contributed by atoms with Crippen LogP contribution in [0, 0.1) is 0 Å². The van der Waals surface area contributed by atoms with E-state index in [0.717, 1.165) is 6.42 Å². The number of amides is 1. The van der Waals surface area contributed by atoms with Gasteiger partial charge in [0, 0.05) is 13.0 Å². The van der Waals surface area contributed by atoms with E-state index in [9.17, 15) is 4.79 Å². The van der Waals surface area contributed by atoms with Crippen molar-refractivity contribution in [1.82, 2.24) is 4.90 Å². The second kappa shape index (κ2) is 6.14. The lowest BCUT2D eigenvalue weighted by Crippen LogP contribution is -2.42. The Morgan fingerprint density at radius 2 is 2.53 bits per heavy atom. The fraction of sp³-hybridized carbons (Fsp3) is 0.583. The van der Waals surface area contributed by atoms with Crippen molar-refractivity contribution in [2.75, 3.05) is 26.2 Å². The Kier molecular flexibility index (Phi) is 4.53. The third kappa shape index (κ3) is 3.28. The molecule has 17 heavy (non-hydrogen) atoms. The Bertz CT molecular complexity index is 353. The smallest absolute Gasteiger partial charge is 0.222 e. The van der Waals surface area contributed by atoms with E-state index in [-0.39, 0.29) is 12.0 Å². The van der Waals surface area contributed by atoms with E-state index < -0.39 is 0 Å². The highest BCUT2D eigenvalue weighted by Gasteiger charge is 2.24. The zero-order chi connectivity index (χ0) is 12.1. The van der Waals surface area contributed by atoms with Crippen LogP contribution >= 0.6 is 11.3 Å². The van der Waals surface area contributed by atoms with Crippen molar-refractivity contribution in [2.45, 2.75) is 18.9 Å². The molecule has 4 nitrogen and oxygen atoms in total. The molecule has 2 heterocycles. The van der Waals surface area contributed by atoms with Gasteiger partial charge in [-0.25, -0.2) is 0 Å². The van der Waals surface area contributed by atoms with E-state index in [1.165, 1.54) is 5.56 Å². The van der Waals surface area contributed by atoms with Gasteiger partial charge >= 0.3 is 0 Å². The number of nitrogens with two attached hydrogens (primary N) is 1. The van der Waals surface area contributed by atoms with E-state index >= 15 is 0 Å². The molecule has 94 valence electrons. The van der Waals surface area contributed by atoms with Crippen LogP contribution < -0.4 is 5.73 Å². The molecule has 0 radical (unpaired) electrons. The average Bonchev–Trinajstić information content (AvgIpc) is 2.90. The van der Waals surface area contributed by atoms with Gasteiger partial charge in [0.05, 0.1) is 13.2 Å². The standard InChI is InChI=1S/C12H18N2O2S/c13-4-1-2-12(15)14-5-6-16-11(8-14)10-3-7-17-9-10/h3,7,9,11H,1-2,4-6,8,13H2. The minimum absolute atomic E-state index is 0.0387. The van der Waals surface area contributed by atoms with Crippen molar-refractivity contribution in [1.29, 1.82) is 0 Å². The number of rotatable bonds is 4.